The van der Waals surface area contributed by atoms with E-state index >= 15 is 0 Å². The van der Waals surface area contributed by atoms with E-state index in [1.807, 2.05) is 0 Å². The zero-order valence-electron chi connectivity index (χ0n) is 10.3. The van der Waals surface area contributed by atoms with Gasteiger partial charge in [0.15, 0.2) is 0 Å². The fourth-order valence-electron chi connectivity index (χ4n) is 1.62. The van der Waals surface area contributed by atoms with Crippen molar-refractivity contribution in [1.82, 2.24) is 15.3 Å². The Kier molecular flexibility index (Phi) is 4.83. The lowest BCUT2D eigenvalue weighted by atomic mass is 9.88. The number of nitrogens with one attached hydrogen (secondary N) is 1. The lowest BCUT2D eigenvalue weighted by molar-refractivity contribution is 0.198. The van der Waals surface area contributed by atoms with Crippen LogP contribution in [0.15, 0.2) is 18.7 Å². The van der Waals surface area contributed by atoms with Crippen LogP contribution in [0.2, 0.25) is 0 Å². The van der Waals surface area contributed by atoms with E-state index in [4.69, 9.17) is 0 Å². The molecule has 1 aromatic heterocycles. The Labute approximate surface area is 97.1 Å². The molecule has 0 amide bonds. The standard InChI is InChI=1S/C12H21N3O/c1-12(2,3)4-11(8-16)15-7-10-5-13-9-14-6-10/h5-6,9,11,15-16H,4,7-8H2,1-3H3. The molecule has 0 saturated heterocycles. The van der Waals surface area contributed by atoms with Crippen molar-refractivity contribution in [2.45, 2.75) is 39.8 Å². The first-order valence-electron chi connectivity index (χ1n) is 5.59. The van der Waals surface area contributed by atoms with E-state index in [1.165, 1.54) is 6.33 Å². The minimum atomic E-state index is 0.125. The summed E-state index contributed by atoms with van der Waals surface area (Å²) >= 11 is 0. The topological polar surface area (TPSA) is 58.0 Å². The van der Waals surface area contributed by atoms with Crippen molar-refractivity contribution in [2.75, 3.05) is 6.61 Å². The number of hydrogen-bond donors (Lipinski definition) is 2. The fraction of sp³-hybridized carbons (Fsp3) is 0.667. The molecule has 0 aromatic carbocycles. The van der Waals surface area contributed by atoms with Crippen LogP contribution in [-0.4, -0.2) is 27.7 Å². The fourth-order valence-corrected chi connectivity index (χ4v) is 1.62. The zero-order chi connectivity index (χ0) is 12.0. The molecule has 0 aliphatic heterocycles. The van der Waals surface area contributed by atoms with Gasteiger partial charge >= 0.3 is 0 Å². The van der Waals surface area contributed by atoms with Crippen molar-refractivity contribution in [1.29, 1.82) is 0 Å². The lowest BCUT2D eigenvalue weighted by Crippen LogP contribution is -2.35. The van der Waals surface area contributed by atoms with E-state index in [-0.39, 0.29) is 18.1 Å². The normalized spacial score (nSPS) is 13.8. The van der Waals surface area contributed by atoms with Crippen LogP contribution in [0.3, 0.4) is 0 Å². The quantitative estimate of drug-likeness (QED) is 0.791. The van der Waals surface area contributed by atoms with E-state index in [0.717, 1.165) is 12.0 Å². The Morgan fingerprint density at radius 2 is 1.94 bits per heavy atom. The van der Waals surface area contributed by atoms with Crippen molar-refractivity contribution in [3.05, 3.63) is 24.3 Å². The predicted molar refractivity (Wildman–Crippen MR) is 63.8 cm³/mol. The summed E-state index contributed by atoms with van der Waals surface area (Å²) in [5.41, 5.74) is 1.25. The Hall–Kier alpha value is -1.00. The van der Waals surface area contributed by atoms with E-state index in [2.05, 4.69) is 36.1 Å². The highest BCUT2D eigenvalue weighted by atomic mass is 16.3. The van der Waals surface area contributed by atoms with Crippen molar-refractivity contribution >= 4 is 0 Å². The molecule has 1 aromatic rings. The van der Waals surface area contributed by atoms with Crippen LogP contribution < -0.4 is 5.32 Å². The van der Waals surface area contributed by atoms with Gasteiger partial charge in [0.2, 0.25) is 0 Å². The summed E-state index contributed by atoms with van der Waals surface area (Å²) in [6, 6.07) is 0.125. The third kappa shape index (κ3) is 5.19. The van der Waals surface area contributed by atoms with Crippen LogP contribution in [-0.2, 0) is 6.54 Å². The summed E-state index contributed by atoms with van der Waals surface area (Å²) in [6.07, 6.45) is 6.02. The van der Waals surface area contributed by atoms with Crippen LogP contribution in [0.25, 0.3) is 0 Å². The van der Waals surface area contributed by atoms with E-state index in [0.29, 0.717) is 6.54 Å². The molecule has 1 rings (SSSR count). The van der Waals surface area contributed by atoms with Crippen LogP contribution in [0.4, 0.5) is 0 Å². The van der Waals surface area contributed by atoms with Crippen LogP contribution >= 0.6 is 0 Å². The van der Waals surface area contributed by atoms with E-state index in [1.54, 1.807) is 12.4 Å². The van der Waals surface area contributed by atoms with Gasteiger partial charge in [-0.15, -0.1) is 0 Å². The monoisotopic (exact) mass is 223 g/mol. The molecule has 4 heteroatoms. The summed E-state index contributed by atoms with van der Waals surface area (Å²) in [5, 5.41) is 12.6. The van der Waals surface area contributed by atoms with Gasteiger partial charge in [0.05, 0.1) is 6.61 Å². The lowest BCUT2D eigenvalue weighted by Gasteiger charge is -2.25. The number of rotatable bonds is 5. The minimum Gasteiger partial charge on any atom is -0.395 e. The average molecular weight is 223 g/mol. The smallest absolute Gasteiger partial charge is 0.115 e. The molecule has 0 spiro atoms. The van der Waals surface area contributed by atoms with E-state index in [9.17, 15) is 5.11 Å². The molecule has 1 unspecified atom stereocenters. The first kappa shape index (κ1) is 13.1. The SMILES string of the molecule is CC(C)(C)CC(CO)NCc1cncnc1. The Bertz CT molecular complexity index is 295. The second-order valence-electron chi connectivity index (χ2n) is 5.27. The summed E-state index contributed by atoms with van der Waals surface area (Å²) < 4.78 is 0. The van der Waals surface area contributed by atoms with Crippen LogP contribution in [0.5, 0.6) is 0 Å². The molecule has 0 fully saturated rings. The van der Waals surface area contributed by atoms with Gasteiger partial charge in [-0.1, -0.05) is 20.8 Å². The maximum atomic E-state index is 9.27. The molecule has 4 nitrogen and oxygen atoms in total. The first-order valence-corrected chi connectivity index (χ1v) is 5.59. The summed E-state index contributed by atoms with van der Waals surface area (Å²) in [5.74, 6) is 0. The maximum Gasteiger partial charge on any atom is 0.115 e. The average Bonchev–Trinajstić information content (AvgIpc) is 2.24. The summed E-state index contributed by atoms with van der Waals surface area (Å²) in [7, 11) is 0. The van der Waals surface area contributed by atoms with Crippen molar-refractivity contribution in [2.24, 2.45) is 5.41 Å². The molecule has 1 atom stereocenters. The summed E-state index contributed by atoms with van der Waals surface area (Å²) in [4.78, 5) is 7.90. The molecule has 2 N–H and O–H groups in total. The van der Waals surface area contributed by atoms with Crippen LogP contribution in [0.1, 0.15) is 32.8 Å². The highest BCUT2D eigenvalue weighted by Gasteiger charge is 2.17. The van der Waals surface area contributed by atoms with Gasteiger partial charge in [-0.2, -0.15) is 0 Å². The number of aliphatic hydroxyl groups excluding tert-OH is 1. The molecule has 90 valence electrons. The van der Waals surface area contributed by atoms with Gasteiger partial charge < -0.3 is 10.4 Å². The third-order valence-electron chi connectivity index (χ3n) is 2.29. The third-order valence-corrected chi connectivity index (χ3v) is 2.29. The Morgan fingerprint density at radius 3 is 2.44 bits per heavy atom. The Balaban J connectivity index is 2.40. The molecule has 0 radical (unpaired) electrons. The molecule has 0 aliphatic rings. The molecule has 1 heterocycles. The molecule has 0 aliphatic carbocycles. The van der Waals surface area contributed by atoms with Gasteiger partial charge in [-0.25, -0.2) is 9.97 Å². The largest absolute Gasteiger partial charge is 0.395 e. The van der Waals surface area contributed by atoms with Gasteiger partial charge in [-0.3, -0.25) is 0 Å². The second kappa shape index (κ2) is 5.92. The summed E-state index contributed by atoms with van der Waals surface area (Å²) in [6.45, 7) is 7.36. The van der Waals surface area contributed by atoms with Gasteiger partial charge in [-0.05, 0) is 11.8 Å². The van der Waals surface area contributed by atoms with Gasteiger partial charge in [0.25, 0.3) is 0 Å². The first-order chi connectivity index (χ1) is 7.51. The number of aliphatic hydroxyl groups is 1. The van der Waals surface area contributed by atoms with E-state index < -0.39 is 0 Å². The predicted octanol–water partition coefficient (Wildman–Crippen LogP) is 1.36. The van der Waals surface area contributed by atoms with Crippen molar-refractivity contribution in [3.8, 4) is 0 Å². The zero-order valence-corrected chi connectivity index (χ0v) is 10.3. The number of aromatic nitrogens is 2. The number of nitrogens with zero attached hydrogens (tertiary/aromatic N) is 2. The van der Waals surface area contributed by atoms with Gasteiger partial charge in [0.1, 0.15) is 6.33 Å². The molecule has 0 bridgehead atoms. The maximum absolute atomic E-state index is 9.27. The van der Waals surface area contributed by atoms with Crippen molar-refractivity contribution < 1.29 is 5.11 Å². The highest BCUT2D eigenvalue weighted by Crippen LogP contribution is 2.20. The minimum absolute atomic E-state index is 0.125. The molecular formula is C12H21N3O. The van der Waals surface area contributed by atoms with Crippen LogP contribution in [0, 0.1) is 5.41 Å². The van der Waals surface area contributed by atoms with Crippen molar-refractivity contribution in [3.63, 3.8) is 0 Å². The Morgan fingerprint density at radius 1 is 1.31 bits per heavy atom. The molecule has 16 heavy (non-hydrogen) atoms. The number of hydrogen-bond acceptors (Lipinski definition) is 4. The second-order valence-corrected chi connectivity index (χ2v) is 5.27. The molecule has 0 saturated carbocycles. The van der Waals surface area contributed by atoms with Gasteiger partial charge in [0, 0.05) is 30.5 Å². The molecular weight excluding hydrogens is 202 g/mol. The highest BCUT2D eigenvalue weighted by molar-refractivity contribution is 5.01.